The van der Waals surface area contributed by atoms with Crippen molar-refractivity contribution in [1.29, 1.82) is 0 Å². The summed E-state index contributed by atoms with van der Waals surface area (Å²) in [5.41, 5.74) is 0.277. The molecule has 0 atom stereocenters. The summed E-state index contributed by atoms with van der Waals surface area (Å²) >= 11 is 1.54. The molecule has 0 fully saturated rings. The summed E-state index contributed by atoms with van der Waals surface area (Å²) in [7, 11) is 0. The Morgan fingerprint density at radius 2 is 1.77 bits per heavy atom. The monoisotopic (exact) mass is 431 g/mol. The molecule has 31 heavy (non-hydrogen) atoms. The minimum Gasteiger partial charge on any atom is -0.493 e. The molecule has 4 aromatic rings. The van der Waals surface area contributed by atoms with Gasteiger partial charge in [-0.1, -0.05) is 49.0 Å². The van der Waals surface area contributed by atoms with Crippen molar-refractivity contribution in [2.24, 2.45) is 0 Å². The zero-order valence-corrected chi connectivity index (χ0v) is 17.8. The van der Waals surface area contributed by atoms with Crippen molar-refractivity contribution < 1.29 is 13.9 Å². The molecule has 6 heteroatoms. The molecule has 3 aromatic carbocycles. The van der Waals surface area contributed by atoms with Crippen LogP contribution in [0.5, 0.6) is 5.75 Å². The van der Waals surface area contributed by atoms with E-state index in [0.29, 0.717) is 29.0 Å². The minimum absolute atomic E-state index is 0.0470. The van der Waals surface area contributed by atoms with Crippen LogP contribution in [0.15, 0.2) is 97.9 Å². The van der Waals surface area contributed by atoms with Crippen LogP contribution in [-0.2, 0) is 0 Å². The van der Waals surface area contributed by atoms with E-state index < -0.39 is 11.5 Å². The largest absolute Gasteiger partial charge is 0.493 e. The summed E-state index contributed by atoms with van der Waals surface area (Å²) in [5.74, 6) is 0.115. The van der Waals surface area contributed by atoms with Crippen LogP contribution >= 0.6 is 11.8 Å². The van der Waals surface area contributed by atoms with Crippen molar-refractivity contribution in [2.75, 3.05) is 11.9 Å². The maximum absolute atomic E-state index is 12.9. The molecular formula is C25H21NO4S. The van der Waals surface area contributed by atoms with Gasteiger partial charge in [0.05, 0.1) is 12.3 Å². The fourth-order valence-electron chi connectivity index (χ4n) is 3.02. The van der Waals surface area contributed by atoms with Gasteiger partial charge in [-0.2, -0.15) is 0 Å². The Hall–Kier alpha value is -3.51. The topological polar surface area (TPSA) is 68.5 Å². The molecule has 1 N–H and O–H groups in total. The zero-order chi connectivity index (χ0) is 21.6. The lowest BCUT2D eigenvalue weighted by Gasteiger charge is -2.11. The standard InChI is InChI=1S/C25H21NO4S/c1-2-14-29-18-13-12-17-15-20(25(28)30-22(17)16-18)24(27)26-21-10-6-7-11-23(21)31-19-8-4-3-5-9-19/h3-13,15-16H,2,14H2,1H3,(H,26,27). The lowest BCUT2D eigenvalue weighted by molar-refractivity contribution is 0.102. The Morgan fingerprint density at radius 3 is 2.58 bits per heavy atom. The molecule has 5 nitrogen and oxygen atoms in total. The number of amides is 1. The lowest BCUT2D eigenvalue weighted by atomic mass is 10.1. The Labute approximate surface area is 184 Å². The first kappa shape index (κ1) is 20.8. The predicted molar refractivity (Wildman–Crippen MR) is 123 cm³/mol. The molecule has 0 aliphatic carbocycles. The summed E-state index contributed by atoms with van der Waals surface area (Å²) in [6.45, 7) is 2.60. The molecular weight excluding hydrogens is 410 g/mol. The van der Waals surface area contributed by atoms with E-state index in [4.69, 9.17) is 9.15 Å². The van der Waals surface area contributed by atoms with Crippen molar-refractivity contribution >= 4 is 34.3 Å². The Kier molecular flexibility index (Phi) is 6.38. The van der Waals surface area contributed by atoms with Gasteiger partial charge in [-0.3, -0.25) is 4.79 Å². The smallest absolute Gasteiger partial charge is 0.349 e. The van der Waals surface area contributed by atoms with Gasteiger partial charge < -0.3 is 14.5 Å². The first-order valence-electron chi connectivity index (χ1n) is 9.98. The maximum atomic E-state index is 12.9. The van der Waals surface area contributed by atoms with Crippen molar-refractivity contribution in [3.8, 4) is 5.75 Å². The van der Waals surface area contributed by atoms with Crippen LogP contribution < -0.4 is 15.7 Å². The minimum atomic E-state index is -0.689. The molecule has 1 amide bonds. The second kappa shape index (κ2) is 9.53. The van der Waals surface area contributed by atoms with Crippen LogP contribution in [0.2, 0.25) is 0 Å². The van der Waals surface area contributed by atoms with Gasteiger partial charge in [0.15, 0.2) is 0 Å². The van der Waals surface area contributed by atoms with E-state index in [1.807, 2.05) is 61.5 Å². The average molecular weight is 432 g/mol. The van der Waals surface area contributed by atoms with E-state index in [0.717, 1.165) is 16.2 Å². The fourth-order valence-corrected chi connectivity index (χ4v) is 3.95. The van der Waals surface area contributed by atoms with Crippen LogP contribution in [0.25, 0.3) is 11.0 Å². The van der Waals surface area contributed by atoms with E-state index in [2.05, 4.69) is 5.32 Å². The quantitative estimate of drug-likeness (QED) is 0.364. The molecule has 0 aliphatic rings. The van der Waals surface area contributed by atoms with Crippen molar-refractivity contribution in [1.82, 2.24) is 0 Å². The molecule has 0 bridgehead atoms. The van der Waals surface area contributed by atoms with E-state index in [-0.39, 0.29) is 5.56 Å². The van der Waals surface area contributed by atoms with Crippen molar-refractivity contribution in [3.63, 3.8) is 0 Å². The highest BCUT2D eigenvalue weighted by molar-refractivity contribution is 7.99. The molecule has 4 rings (SSSR count). The van der Waals surface area contributed by atoms with Gasteiger partial charge in [0.1, 0.15) is 16.9 Å². The number of benzene rings is 3. The third-order valence-corrected chi connectivity index (χ3v) is 5.61. The number of hydrogen-bond donors (Lipinski definition) is 1. The van der Waals surface area contributed by atoms with Crippen LogP contribution in [0.4, 0.5) is 5.69 Å². The predicted octanol–water partition coefficient (Wildman–Crippen LogP) is 5.99. The van der Waals surface area contributed by atoms with Crippen LogP contribution in [0, 0.1) is 0 Å². The van der Waals surface area contributed by atoms with Gasteiger partial charge in [-0.05, 0) is 48.9 Å². The summed E-state index contributed by atoms with van der Waals surface area (Å²) < 4.78 is 11.0. The summed E-state index contributed by atoms with van der Waals surface area (Å²) in [6, 6.07) is 24.1. The number of carbonyl (C=O) groups excluding carboxylic acids is 1. The van der Waals surface area contributed by atoms with Crippen LogP contribution in [-0.4, -0.2) is 12.5 Å². The number of fused-ring (bicyclic) bond motifs is 1. The molecule has 0 unspecified atom stereocenters. The number of anilines is 1. The highest BCUT2D eigenvalue weighted by Gasteiger charge is 2.16. The molecule has 1 aromatic heterocycles. The molecule has 0 saturated heterocycles. The average Bonchev–Trinajstić information content (AvgIpc) is 2.79. The van der Waals surface area contributed by atoms with Crippen LogP contribution in [0.3, 0.4) is 0 Å². The fraction of sp³-hybridized carbons (Fsp3) is 0.120. The first-order chi connectivity index (χ1) is 15.1. The first-order valence-corrected chi connectivity index (χ1v) is 10.8. The second-order valence-electron chi connectivity index (χ2n) is 6.86. The van der Waals surface area contributed by atoms with Crippen molar-refractivity contribution in [2.45, 2.75) is 23.1 Å². The summed E-state index contributed by atoms with van der Waals surface area (Å²) in [6.07, 6.45) is 0.880. The normalized spacial score (nSPS) is 10.7. The van der Waals surface area contributed by atoms with E-state index >= 15 is 0 Å². The van der Waals surface area contributed by atoms with Gasteiger partial charge in [-0.25, -0.2) is 4.79 Å². The highest BCUT2D eigenvalue weighted by atomic mass is 32.2. The second-order valence-corrected chi connectivity index (χ2v) is 7.98. The van der Waals surface area contributed by atoms with E-state index in [1.165, 1.54) is 11.8 Å². The number of nitrogens with one attached hydrogen (secondary N) is 1. The molecule has 0 saturated carbocycles. The third-order valence-electron chi connectivity index (χ3n) is 4.53. The van der Waals surface area contributed by atoms with Crippen LogP contribution in [0.1, 0.15) is 23.7 Å². The van der Waals surface area contributed by atoms with E-state index in [9.17, 15) is 9.59 Å². The Balaban J connectivity index is 1.59. The number of para-hydroxylation sites is 1. The summed E-state index contributed by atoms with van der Waals surface area (Å²) in [5, 5.41) is 3.50. The highest BCUT2D eigenvalue weighted by Crippen LogP contribution is 2.33. The Morgan fingerprint density at radius 1 is 1.00 bits per heavy atom. The Bertz CT molecular complexity index is 1270. The molecule has 0 aliphatic heterocycles. The third kappa shape index (κ3) is 4.98. The number of ether oxygens (including phenoxy) is 1. The number of hydrogen-bond acceptors (Lipinski definition) is 5. The van der Waals surface area contributed by atoms with Gasteiger partial charge in [-0.15, -0.1) is 0 Å². The molecule has 0 radical (unpaired) electrons. The van der Waals surface area contributed by atoms with Crippen molar-refractivity contribution in [3.05, 3.63) is 94.8 Å². The zero-order valence-electron chi connectivity index (χ0n) is 17.0. The number of carbonyl (C=O) groups is 1. The van der Waals surface area contributed by atoms with Gasteiger partial charge in [0.2, 0.25) is 0 Å². The van der Waals surface area contributed by atoms with E-state index in [1.54, 1.807) is 24.3 Å². The van der Waals surface area contributed by atoms with Gasteiger partial charge >= 0.3 is 5.63 Å². The number of rotatable bonds is 7. The van der Waals surface area contributed by atoms with Gasteiger partial charge in [0, 0.05) is 21.2 Å². The molecule has 0 spiro atoms. The van der Waals surface area contributed by atoms with Gasteiger partial charge in [0.25, 0.3) is 5.91 Å². The lowest BCUT2D eigenvalue weighted by Crippen LogP contribution is -2.21. The molecule has 1 heterocycles. The maximum Gasteiger partial charge on any atom is 0.349 e. The SMILES string of the molecule is CCCOc1ccc2cc(C(=O)Nc3ccccc3Sc3ccccc3)c(=O)oc2c1. The summed E-state index contributed by atoms with van der Waals surface area (Å²) in [4.78, 5) is 27.3. The molecule has 156 valence electrons.